The second kappa shape index (κ2) is 7.60. The predicted octanol–water partition coefficient (Wildman–Crippen LogP) is 4.15. The zero-order valence-corrected chi connectivity index (χ0v) is 14.3. The van der Waals surface area contributed by atoms with Crippen LogP contribution in [0, 0.1) is 0 Å². The first-order valence-corrected chi connectivity index (χ1v) is 9.54. The normalized spacial score (nSPS) is 14.6. The molecular weight excluding hydrogens is 318 g/mol. The molecule has 3 nitrogen and oxygen atoms in total. The summed E-state index contributed by atoms with van der Waals surface area (Å²) in [5, 5.41) is 0. The highest BCUT2D eigenvalue weighted by Crippen LogP contribution is 2.22. The van der Waals surface area contributed by atoms with Gasteiger partial charge < -0.3 is 0 Å². The summed E-state index contributed by atoms with van der Waals surface area (Å²) in [5.41, 5.74) is 2.14. The molecular formula is C20H21NO2S. The van der Waals surface area contributed by atoms with Crippen molar-refractivity contribution < 1.29 is 8.42 Å². The van der Waals surface area contributed by atoms with Crippen LogP contribution in [0.15, 0.2) is 89.4 Å². The SMILES string of the molecule is O=S(=O)(c1ccccc1)N(CC1=CC=CCC1)Cc1ccccc1. The van der Waals surface area contributed by atoms with Gasteiger partial charge in [-0.3, -0.25) is 0 Å². The van der Waals surface area contributed by atoms with E-state index in [2.05, 4.69) is 6.08 Å². The van der Waals surface area contributed by atoms with Gasteiger partial charge in [0.15, 0.2) is 0 Å². The van der Waals surface area contributed by atoms with Crippen LogP contribution in [0.5, 0.6) is 0 Å². The number of rotatable bonds is 6. The van der Waals surface area contributed by atoms with Crippen molar-refractivity contribution in [2.24, 2.45) is 0 Å². The Bertz CT molecular complexity index is 824. The minimum atomic E-state index is -3.53. The average molecular weight is 339 g/mol. The molecule has 0 aromatic heterocycles. The molecule has 2 aromatic rings. The number of hydrogen-bond acceptors (Lipinski definition) is 2. The molecule has 24 heavy (non-hydrogen) atoms. The van der Waals surface area contributed by atoms with Gasteiger partial charge in [0.25, 0.3) is 0 Å². The van der Waals surface area contributed by atoms with Crippen molar-refractivity contribution in [1.82, 2.24) is 4.31 Å². The fourth-order valence-corrected chi connectivity index (χ4v) is 4.22. The Labute approximate surface area is 144 Å². The Kier molecular flexibility index (Phi) is 5.28. The highest BCUT2D eigenvalue weighted by molar-refractivity contribution is 7.89. The molecule has 1 aliphatic carbocycles. The van der Waals surface area contributed by atoms with E-state index in [1.54, 1.807) is 28.6 Å². The monoisotopic (exact) mass is 339 g/mol. The zero-order chi connectivity index (χ0) is 16.8. The van der Waals surface area contributed by atoms with Gasteiger partial charge in [-0.2, -0.15) is 4.31 Å². The first-order chi connectivity index (χ1) is 11.7. The van der Waals surface area contributed by atoms with Gasteiger partial charge in [-0.1, -0.05) is 72.3 Å². The smallest absolute Gasteiger partial charge is 0.207 e. The van der Waals surface area contributed by atoms with Gasteiger partial charge in [0, 0.05) is 13.1 Å². The topological polar surface area (TPSA) is 37.4 Å². The van der Waals surface area contributed by atoms with Crippen LogP contribution in [-0.2, 0) is 16.6 Å². The molecule has 0 fully saturated rings. The maximum atomic E-state index is 13.1. The van der Waals surface area contributed by atoms with E-state index in [1.165, 1.54) is 0 Å². The number of allylic oxidation sites excluding steroid dienone is 3. The Hall–Kier alpha value is -2.17. The summed E-state index contributed by atoms with van der Waals surface area (Å²) in [4.78, 5) is 0.341. The molecule has 0 N–H and O–H groups in total. The summed E-state index contributed by atoms with van der Waals surface area (Å²) in [6.45, 7) is 0.801. The molecule has 0 atom stereocenters. The lowest BCUT2D eigenvalue weighted by Crippen LogP contribution is -2.32. The van der Waals surface area contributed by atoms with E-state index in [-0.39, 0.29) is 0 Å². The molecule has 4 heteroatoms. The predicted molar refractivity (Wildman–Crippen MR) is 96.9 cm³/mol. The van der Waals surface area contributed by atoms with Crippen LogP contribution in [0.1, 0.15) is 18.4 Å². The molecule has 0 saturated carbocycles. The summed E-state index contributed by atoms with van der Waals surface area (Å²) in [6, 6.07) is 18.4. The fraction of sp³-hybridized carbons (Fsp3) is 0.200. The third kappa shape index (κ3) is 4.02. The van der Waals surface area contributed by atoms with E-state index >= 15 is 0 Å². The zero-order valence-electron chi connectivity index (χ0n) is 13.5. The summed E-state index contributed by atoms with van der Waals surface area (Å²) in [7, 11) is -3.53. The van der Waals surface area contributed by atoms with Crippen LogP contribution in [0.4, 0.5) is 0 Å². The number of benzene rings is 2. The third-order valence-corrected chi connectivity index (χ3v) is 5.87. The van der Waals surface area contributed by atoms with Crippen LogP contribution in [0.3, 0.4) is 0 Å². The van der Waals surface area contributed by atoms with Crippen LogP contribution in [0.2, 0.25) is 0 Å². The van der Waals surface area contributed by atoms with Crippen molar-refractivity contribution in [3.05, 3.63) is 90.0 Å². The number of hydrogen-bond donors (Lipinski definition) is 0. The second-order valence-electron chi connectivity index (χ2n) is 5.86. The van der Waals surface area contributed by atoms with Crippen LogP contribution in [0.25, 0.3) is 0 Å². The molecule has 0 bridgehead atoms. The summed E-state index contributed by atoms with van der Waals surface area (Å²) >= 11 is 0. The van der Waals surface area contributed by atoms with Gasteiger partial charge >= 0.3 is 0 Å². The highest BCUT2D eigenvalue weighted by atomic mass is 32.2. The average Bonchev–Trinajstić information content (AvgIpc) is 2.64. The Morgan fingerprint density at radius 3 is 2.17 bits per heavy atom. The largest absolute Gasteiger partial charge is 0.243 e. The van der Waals surface area contributed by atoms with Gasteiger partial charge in [0.1, 0.15) is 0 Å². The Morgan fingerprint density at radius 1 is 0.875 bits per heavy atom. The van der Waals surface area contributed by atoms with Crippen LogP contribution in [-0.4, -0.2) is 19.3 Å². The number of nitrogens with zero attached hydrogens (tertiary/aromatic N) is 1. The standard InChI is InChI=1S/C20H21NO2S/c22-24(23,20-14-8-3-9-15-20)21(16-18-10-4-1-5-11-18)17-19-12-6-2-7-13-19/h1-6,8-12,14-15H,7,13,16-17H2. The lowest BCUT2D eigenvalue weighted by molar-refractivity contribution is 0.427. The maximum absolute atomic E-state index is 13.1. The number of sulfonamides is 1. The third-order valence-electron chi connectivity index (χ3n) is 4.06. The van der Waals surface area contributed by atoms with E-state index in [0.717, 1.165) is 24.0 Å². The van der Waals surface area contributed by atoms with Crippen molar-refractivity contribution in [1.29, 1.82) is 0 Å². The molecule has 1 aliphatic rings. The minimum Gasteiger partial charge on any atom is -0.207 e. The molecule has 2 aromatic carbocycles. The van der Waals surface area contributed by atoms with Crippen molar-refractivity contribution in [2.45, 2.75) is 24.3 Å². The van der Waals surface area contributed by atoms with E-state index in [1.807, 2.05) is 48.6 Å². The van der Waals surface area contributed by atoms with Crippen molar-refractivity contribution in [3.63, 3.8) is 0 Å². The van der Waals surface area contributed by atoms with Gasteiger partial charge in [-0.05, 0) is 30.5 Å². The quantitative estimate of drug-likeness (QED) is 0.793. The van der Waals surface area contributed by atoms with E-state index < -0.39 is 10.0 Å². The molecule has 124 valence electrons. The van der Waals surface area contributed by atoms with Crippen molar-refractivity contribution in [3.8, 4) is 0 Å². The van der Waals surface area contributed by atoms with Crippen LogP contribution < -0.4 is 0 Å². The molecule has 0 radical (unpaired) electrons. The molecule has 0 heterocycles. The molecule has 3 rings (SSSR count). The molecule has 0 spiro atoms. The van der Waals surface area contributed by atoms with Gasteiger partial charge in [0.2, 0.25) is 10.0 Å². The van der Waals surface area contributed by atoms with Crippen molar-refractivity contribution in [2.75, 3.05) is 6.54 Å². The summed E-state index contributed by atoms with van der Waals surface area (Å²) in [6.07, 6.45) is 8.02. The second-order valence-corrected chi connectivity index (χ2v) is 7.80. The summed E-state index contributed by atoms with van der Waals surface area (Å²) in [5.74, 6) is 0. The lowest BCUT2D eigenvalue weighted by atomic mass is 10.1. The molecule has 0 unspecified atom stereocenters. The molecule has 0 amide bonds. The van der Waals surface area contributed by atoms with E-state index in [4.69, 9.17) is 0 Å². The highest BCUT2D eigenvalue weighted by Gasteiger charge is 2.25. The van der Waals surface area contributed by atoms with Crippen LogP contribution >= 0.6 is 0 Å². The molecule has 0 aliphatic heterocycles. The maximum Gasteiger partial charge on any atom is 0.243 e. The lowest BCUT2D eigenvalue weighted by Gasteiger charge is -2.24. The van der Waals surface area contributed by atoms with Gasteiger partial charge in [-0.15, -0.1) is 0 Å². The first-order valence-electron chi connectivity index (χ1n) is 8.10. The Morgan fingerprint density at radius 2 is 1.54 bits per heavy atom. The summed E-state index contributed by atoms with van der Waals surface area (Å²) < 4.78 is 27.8. The minimum absolute atomic E-state index is 0.341. The molecule has 0 saturated heterocycles. The van der Waals surface area contributed by atoms with E-state index in [0.29, 0.717) is 18.0 Å². The van der Waals surface area contributed by atoms with Gasteiger partial charge in [0.05, 0.1) is 4.90 Å². The van der Waals surface area contributed by atoms with Gasteiger partial charge in [-0.25, -0.2) is 8.42 Å². The Balaban J connectivity index is 1.91. The fourth-order valence-electron chi connectivity index (χ4n) is 2.77. The van der Waals surface area contributed by atoms with Crippen molar-refractivity contribution >= 4 is 10.0 Å². The first kappa shape index (κ1) is 16.7. The van der Waals surface area contributed by atoms with E-state index in [9.17, 15) is 8.42 Å².